The summed E-state index contributed by atoms with van der Waals surface area (Å²) in [5.41, 5.74) is 6.66. The topological polar surface area (TPSA) is 55.5 Å². The molecule has 16 heavy (non-hydrogen) atoms. The average Bonchev–Trinajstić information content (AvgIpc) is 2.29. The Kier molecular flexibility index (Phi) is 4.71. The van der Waals surface area contributed by atoms with Crippen molar-refractivity contribution in [1.29, 1.82) is 0 Å². The normalized spacial score (nSPS) is 14.6. The molecule has 0 saturated carbocycles. The van der Waals surface area contributed by atoms with Crippen LogP contribution in [0.3, 0.4) is 0 Å². The first-order valence-corrected chi connectivity index (χ1v) is 5.37. The van der Waals surface area contributed by atoms with Crippen LogP contribution < -0.4 is 10.5 Å². The Morgan fingerprint density at radius 2 is 2.19 bits per heavy atom. The second kappa shape index (κ2) is 5.82. The molecule has 0 saturated heterocycles. The standard InChI is InChI=1S/C12H18FNO2/c1-3-10(14)12(7-15)16-11-6-8(2)4-5-9(11)13/h4-6,10,12,15H,3,7,14H2,1-2H3. The van der Waals surface area contributed by atoms with Gasteiger partial charge >= 0.3 is 0 Å². The molecule has 1 rings (SSSR count). The molecule has 0 aliphatic carbocycles. The SMILES string of the molecule is CCC(N)C(CO)Oc1cc(C)ccc1F. The minimum absolute atomic E-state index is 0.142. The number of aryl methyl sites for hydroxylation is 1. The molecule has 4 heteroatoms. The van der Waals surface area contributed by atoms with Crippen molar-refractivity contribution in [2.45, 2.75) is 32.4 Å². The largest absolute Gasteiger partial charge is 0.483 e. The summed E-state index contributed by atoms with van der Waals surface area (Å²) in [4.78, 5) is 0. The maximum absolute atomic E-state index is 13.4. The Morgan fingerprint density at radius 3 is 2.75 bits per heavy atom. The highest BCUT2D eigenvalue weighted by Gasteiger charge is 2.18. The minimum Gasteiger partial charge on any atom is -0.483 e. The number of aliphatic hydroxyl groups is 1. The van der Waals surface area contributed by atoms with E-state index in [2.05, 4.69) is 0 Å². The first-order valence-electron chi connectivity index (χ1n) is 5.37. The Bertz CT molecular complexity index is 344. The number of halogens is 1. The smallest absolute Gasteiger partial charge is 0.165 e. The van der Waals surface area contributed by atoms with Gasteiger partial charge in [-0.05, 0) is 31.0 Å². The van der Waals surface area contributed by atoms with Crippen molar-refractivity contribution in [3.63, 3.8) is 0 Å². The van der Waals surface area contributed by atoms with E-state index in [1.54, 1.807) is 12.1 Å². The van der Waals surface area contributed by atoms with Crippen molar-refractivity contribution < 1.29 is 14.2 Å². The maximum atomic E-state index is 13.4. The van der Waals surface area contributed by atoms with Gasteiger partial charge in [-0.3, -0.25) is 0 Å². The van der Waals surface area contributed by atoms with Gasteiger partial charge in [-0.2, -0.15) is 0 Å². The predicted octanol–water partition coefficient (Wildman–Crippen LogP) is 1.61. The van der Waals surface area contributed by atoms with Crippen LogP contribution in [0.5, 0.6) is 5.75 Å². The quantitative estimate of drug-likeness (QED) is 0.803. The van der Waals surface area contributed by atoms with Crippen molar-refractivity contribution in [3.05, 3.63) is 29.6 Å². The number of hydrogen-bond donors (Lipinski definition) is 2. The summed E-state index contributed by atoms with van der Waals surface area (Å²) in [6, 6.07) is 4.30. The molecule has 0 aromatic heterocycles. The third-order valence-corrected chi connectivity index (χ3v) is 2.49. The third kappa shape index (κ3) is 3.18. The average molecular weight is 227 g/mol. The second-order valence-electron chi connectivity index (χ2n) is 3.84. The maximum Gasteiger partial charge on any atom is 0.165 e. The van der Waals surface area contributed by atoms with E-state index < -0.39 is 11.9 Å². The van der Waals surface area contributed by atoms with Crippen LogP contribution >= 0.6 is 0 Å². The van der Waals surface area contributed by atoms with Crippen molar-refractivity contribution in [1.82, 2.24) is 0 Å². The summed E-state index contributed by atoms with van der Waals surface area (Å²) >= 11 is 0. The van der Waals surface area contributed by atoms with Gasteiger partial charge in [0.2, 0.25) is 0 Å². The van der Waals surface area contributed by atoms with E-state index in [1.807, 2.05) is 13.8 Å². The van der Waals surface area contributed by atoms with Crippen LogP contribution in [0, 0.1) is 12.7 Å². The number of hydrogen-bond acceptors (Lipinski definition) is 3. The van der Waals surface area contributed by atoms with Crippen LogP contribution in [0.4, 0.5) is 4.39 Å². The van der Waals surface area contributed by atoms with E-state index >= 15 is 0 Å². The molecule has 0 amide bonds. The van der Waals surface area contributed by atoms with Crippen molar-refractivity contribution in [2.75, 3.05) is 6.61 Å². The van der Waals surface area contributed by atoms with Crippen molar-refractivity contribution in [3.8, 4) is 5.75 Å². The zero-order chi connectivity index (χ0) is 12.1. The lowest BCUT2D eigenvalue weighted by atomic mass is 10.1. The lowest BCUT2D eigenvalue weighted by molar-refractivity contribution is 0.0896. The molecular formula is C12H18FNO2. The molecule has 90 valence electrons. The first-order chi connectivity index (χ1) is 7.58. The minimum atomic E-state index is -0.568. The van der Waals surface area contributed by atoms with Gasteiger partial charge < -0.3 is 15.6 Å². The molecule has 0 heterocycles. The van der Waals surface area contributed by atoms with Gasteiger partial charge in [0.1, 0.15) is 6.10 Å². The van der Waals surface area contributed by atoms with E-state index in [0.717, 1.165) is 5.56 Å². The van der Waals surface area contributed by atoms with Crippen LogP contribution in [0.25, 0.3) is 0 Å². The molecule has 3 nitrogen and oxygen atoms in total. The van der Waals surface area contributed by atoms with Crippen LogP contribution in [0.15, 0.2) is 18.2 Å². The number of nitrogens with two attached hydrogens (primary N) is 1. The highest BCUT2D eigenvalue weighted by atomic mass is 19.1. The molecule has 2 atom stereocenters. The highest BCUT2D eigenvalue weighted by molar-refractivity contribution is 5.29. The Labute approximate surface area is 95.0 Å². The summed E-state index contributed by atoms with van der Waals surface area (Å²) in [6.07, 6.45) is 0.0971. The summed E-state index contributed by atoms with van der Waals surface area (Å²) < 4.78 is 18.8. The zero-order valence-corrected chi connectivity index (χ0v) is 9.61. The molecule has 0 aliphatic heterocycles. The van der Waals surface area contributed by atoms with Crippen molar-refractivity contribution in [2.24, 2.45) is 5.73 Å². The number of aliphatic hydroxyl groups excluding tert-OH is 1. The first kappa shape index (κ1) is 12.9. The molecule has 3 N–H and O–H groups in total. The Balaban J connectivity index is 2.81. The van der Waals surface area contributed by atoms with E-state index in [-0.39, 0.29) is 18.4 Å². The lowest BCUT2D eigenvalue weighted by Crippen LogP contribution is -2.41. The highest BCUT2D eigenvalue weighted by Crippen LogP contribution is 2.20. The summed E-state index contributed by atoms with van der Waals surface area (Å²) in [5.74, 6) is -0.296. The Morgan fingerprint density at radius 1 is 1.50 bits per heavy atom. The van der Waals surface area contributed by atoms with Crippen LogP contribution in [0.2, 0.25) is 0 Å². The summed E-state index contributed by atoms with van der Waals surface area (Å²) in [7, 11) is 0. The molecule has 0 bridgehead atoms. The van der Waals surface area contributed by atoms with E-state index in [1.165, 1.54) is 6.07 Å². The second-order valence-corrected chi connectivity index (χ2v) is 3.84. The summed E-state index contributed by atoms with van der Waals surface area (Å²) in [6.45, 7) is 3.52. The molecule has 0 aliphatic rings. The summed E-state index contributed by atoms with van der Waals surface area (Å²) in [5, 5.41) is 9.12. The van der Waals surface area contributed by atoms with Gasteiger partial charge in [-0.1, -0.05) is 13.0 Å². The predicted molar refractivity (Wildman–Crippen MR) is 60.9 cm³/mol. The van der Waals surface area contributed by atoms with Gasteiger partial charge in [0.25, 0.3) is 0 Å². The molecule has 1 aromatic carbocycles. The van der Waals surface area contributed by atoms with Crippen LogP contribution in [0.1, 0.15) is 18.9 Å². The fourth-order valence-corrected chi connectivity index (χ4v) is 1.39. The van der Waals surface area contributed by atoms with E-state index in [4.69, 9.17) is 15.6 Å². The lowest BCUT2D eigenvalue weighted by Gasteiger charge is -2.22. The molecule has 0 fully saturated rings. The van der Waals surface area contributed by atoms with E-state index in [0.29, 0.717) is 6.42 Å². The molecule has 0 radical (unpaired) electrons. The number of benzene rings is 1. The van der Waals surface area contributed by atoms with Gasteiger partial charge in [-0.15, -0.1) is 0 Å². The fraction of sp³-hybridized carbons (Fsp3) is 0.500. The monoisotopic (exact) mass is 227 g/mol. The molecule has 2 unspecified atom stereocenters. The van der Waals surface area contributed by atoms with Gasteiger partial charge in [-0.25, -0.2) is 4.39 Å². The van der Waals surface area contributed by atoms with Gasteiger partial charge in [0, 0.05) is 6.04 Å². The van der Waals surface area contributed by atoms with E-state index in [9.17, 15) is 4.39 Å². The van der Waals surface area contributed by atoms with Crippen LogP contribution in [-0.2, 0) is 0 Å². The van der Waals surface area contributed by atoms with Gasteiger partial charge in [0.05, 0.1) is 6.61 Å². The third-order valence-electron chi connectivity index (χ3n) is 2.49. The molecule has 1 aromatic rings. The van der Waals surface area contributed by atoms with Gasteiger partial charge in [0.15, 0.2) is 11.6 Å². The number of ether oxygens (including phenoxy) is 1. The fourth-order valence-electron chi connectivity index (χ4n) is 1.39. The van der Waals surface area contributed by atoms with Crippen LogP contribution in [-0.4, -0.2) is 23.9 Å². The zero-order valence-electron chi connectivity index (χ0n) is 9.61. The molecular weight excluding hydrogens is 209 g/mol. The number of rotatable bonds is 5. The molecule has 0 spiro atoms. The van der Waals surface area contributed by atoms with Crippen molar-refractivity contribution >= 4 is 0 Å². The Hall–Kier alpha value is -1.13.